The fourth-order valence-electron chi connectivity index (χ4n) is 4.06. The third kappa shape index (κ3) is 7.79. The predicted molar refractivity (Wildman–Crippen MR) is 145 cm³/mol. The minimum absolute atomic E-state index is 0.0137. The average molecular weight is 542 g/mol. The van der Waals surface area contributed by atoms with Crippen LogP contribution in [0.5, 0.6) is 5.75 Å². The Hall–Kier alpha value is -3.92. The van der Waals surface area contributed by atoms with Crippen molar-refractivity contribution in [2.24, 2.45) is 0 Å². The average Bonchev–Trinajstić information content (AvgIpc) is 2.89. The van der Waals surface area contributed by atoms with Gasteiger partial charge in [0.05, 0.1) is 19.1 Å². The monoisotopic (exact) mass is 541 g/mol. The highest BCUT2D eigenvalue weighted by Gasteiger charge is 2.33. The Balaban J connectivity index is 2.05. The molecular weight excluding hydrogens is 509 g/mol. The zero-order chi connectivity index (χ0) is 27.7. The van der Waals surface area contributed by atoms with Crippen molar-refractivity contribution >= 4 is 27.5 Å². The first-order chi connectivity index (χ1) is 18.1. The van der Waals surface area contributed by atoms with E-state index < -0.39 is 34.3 Å². The van der Waals surface area contributed by atoms with E-state index in [1.807, 2.05) is 30.3 Å². The second-order valence-corrected chi connectivity index (χ2v) is 10.6. The van der Waals surface area contributed by atoms with Crippen LogP contribution in [0.15, 0.2) is 78.9 Å². The molecule has 0 bridgehead atoms. The quantitative estimate of drug-likeness (QED) is 0.379. The molecule has 0 aliphatic rings. The number of hydrogen-bond acceptors (Lipinski definition) is 5. The molecule has 0 fully saturated rings. The number of nitrogens with one attached hydrogen (secondary N) is 1. The van der Waals surface area contributed by atoms with Crippen molar-refractivity contribution in [2.75, 3.05) is 30.8 Å². The summed E-state index contributed by atoms with van der Waals surface area (Å²) in [6.45, 7) is 1.54. The van der Waals surface area contributed by atoms with Crippen molar-refractivity contribution in [3.8, 4) is 5.75 Å². The highest BCUT2D eigenvalue weighted by molar-refractivity contribution is 7.92. The molecule has 1 atom stereocenters. The molecule has 0 radical (unpaired) electrons. The molecule has 0 spiro atoms. The van der Waals surface area contributed by atoms with Crippen LogP contribution in [0.1, 0.15) is 18.1 Å². The maximum Gasteiger partial charge on any atom is 0.244 e. The van der Waals surface area contributed by atoms with Crippen molar-refractivity contribution in [2.45, 2.75) is 25.9 Å². The molecule has 0 aromatic heterocycles. The van der Waals surface area contributed by atoms with Crippen LogP contribution in [0.2, 0.25) is 0 Å². The molecule has 8 nitrogen and oxygen atoms in total. The molecule has 1 unspecified atom stereocenters. The minimum atomic E-state index is -3.96. The van der Waals surface area contributed by atoms with Crippen molar-refractivity contribution in [1.29, 1.82) is 0 Å². The standard InChI is InChI=1S/C28H32FN3O5S/c1-4-30-28(34)26(17-21-10-6-5-7-11-21)31(19-22-12-8-15-25(16-22)37-2)27(33)20-32(38(3,35)36)24-14-9-13-23(29)18-24/h5-16,18,26H,4,17,19-20H2,1-3H3,(H,30,34). The van der Waals surface area contributed by atoms with Crippen LogP contribution < -0.4 is 14.4 Å². The zero-order valence-corrected chi connectivity index (χ0v) is 22.4. The molecule has 0 saturated heterocycles. The number of methoxy groups -OCH3 is 1. The van der Waals surface area contributed by atoms with Gasteiger partial charge in [0, 0.05) is 19.5 Å². The summed E-state index contributed by atoms with van der Waals surface area (Å²) in [5.41, 5.74) is 1.54. The van der Waals surface area contributed by atoms with E-state index in [2.05, 4.69) is 5.32 Å². The topological polar surface area (TPSA) is 96.0 Å². The van der Waals surface area contributed by atoms with Crippen molar-refractivity contribution in [1.82, 2.24) is 10.2 Å². The number of nitrogens with zero attached hydrogens (tertiary/aromatic N) is 2. The number of amides is 2. The Morgan fingerprint density at radius 2 is 1.66 bits per heavy atom. The summed E-state index contributed by atoms with van der Waals surface area (Å²) in [5.74, 6) is -1.05. The Morgan fingerprint density at radius 1 is 0.974 bits per heavy atom. The van der Waals surface area contributed by atoms with Crippen LogP contribution in [0.25, 0.3) is 0 Å². The smallest absolute Gasteiger partial charge is 0.244 e. The summed E-state index contributed by atoms with van der Waals surface area (Å²) in [6.07, 6.45) is 1.16. The molecule has 0 heterocycles. The highest BCUT2D eigenvalue weighted by Crippen LogP contribution is 2.22. The van der Waals surface area contributed by atoms with Crippen molar-refractivity contribution in [3.05, 3.63) is 95.8 Å². The molecule has 3 aromatic carbocycles. The SMILES string of the molecule is CCNC(=O)C(Cc1ccccc1)N(Cc1cccc(OC)c1)C(=O)CN(c1cccc(F)c1)S(C)(=O)=O. The van der Waals surface area contributed by atoms with E-state index in [0.717, 1.165) is 22.2 Å². The summed E-state index contributed by atoms with van der Waals surface area (Å²) in [5, 5.41) is 2.79. The number of anilines is 1. The first-order valence-corrected chi connectivity index (χ1v) is 13.9. The number of rotatable bonds is 12. The number of carbonyl (C=O) groups excluding carboxylic acids is 2. The van der Waals surface area contributed by atoms with E-state index in [9.17, 15) is 22.4 Å². The molecule has 3 rings (SSSR count). The summed E-state index contributed by atoms with van der Waals surface area (Å²) in [4.78, 5) is 28.5. The third-order valence-corrected chi connectivity index (χ3v) is 7.03. The Morgan fingerprint density at radius 3 is 2.29 bits per heavy atom. The predicted octanol–water partition coefficient (Wildman–Crippen LogP) is 3.38. The van der Waals surface area contributed by atoms with E-state index in [1.165, 1.54) is 30.2 Å². The van der Waals surface area contributed by atoms with Gasteiger partial charge in [-0.2, -0.15) is 0 Å². The number of benzene rings is 3. The maximum atomic E-state index is 14.0. The van der Waals surface area contributed by atoms with Gasteiger partial charge in [-0.1, -0.05) is 48.5 Å². The van der Waals surface area contributed by atoms with Gasteiger partial charge in [-0.25, -0.2) is 12.8 Å². The number of hydrogen-bond donors (Lipinski definition) is 1. The summed E-state index contributed by atoms with van der Waals surface area (Å²) in [6, 6.07) is 20.4. The van der Waals surface area contributed by atoms with Crippen LogP contribution in [0.4, 0.5) is 10.1 Å². The van der Waals surface area contributed by atoms with Crippen LogP contribution in [-0.2, 0) is 32.6 Å². The lowest BCUT2D eigenvalue weighted by atomic mass is 10.0. The molecule has 10 heteroatoms. The fourth-order valence-corrected chi connectivity index (χ4v) is 4.90. The maximum absolute atomic E-state index is 14.0. The molecule has 0 saturated carbocycles. The summed E-state index contributed by atoms with van der Waals surface area (Å²) < 4.78 is 45.5. The lowest BCUT2D eigenvalue weighted by Crippen LogP contribution is -2.53. The number of halogens is 1. The van der Waals surface area contributed by atoms with Gasteiger partial charge in [0.15, 0.2) is 0 Å². The molecule has 0 aliphatic heterocycles. The van der Waals surface area contributed by atoms with Crippen LogP contribution in [0, 0.1) is 5.82 Å². The molecule has 2 amide bonds. The zero-order valence-electron chi connectivity index (χ0n) is 21.6. The number of sulfonamides is 1. The first kappa shape index (κ1) is 28.6. The van der Waals surface area contributed by atoms with Crippen molar-refractivity contribution < 1.29 is 27.1 Å². The largest absolute Gasteiger partial charge is 0.497 e. The molecule has 0 aliphatic carbocycles. The van der Waals surface area contributed by atoms with Gasteiger partial charge in [-0.3, -0.25) is 13.9 Å². The Labute approximate surface area is 223 Å². The Kier molecular flexibility index (Phi) is 9.84. The lowest BCUT2D eigenvalue weighted by molar-refractivity contribution is -0.140. The van der Waals surface area contributed by atoms with Gasteiger partial charge in [-0.05, 0) is 48.4 Å². The number of carbonyl (C=O) groups is 2. The Bertz CT molecular complexity index is 1350. The molecule has 38 heavy (non-hydrogen) atoms. The first-order valence-electron chi connectivity index (χ1n) is 12.1. The number of likely N-dealkylation sites (N-methyl/N-ethyl adjacent to an activating group) is 1. The minimum Gasteiger partial charge on any atom is -0.497 e. The van der Waals surface area contributed by atoms with E-state index >= 15 is 0 Å². The summed E-state index contributed by atoms with van der Waals surface area (Å²) in [7, 11) is -2.44. The van der Waals surface area contributed by atoms with E-state index in [0.29, 0.717) is 17.9 Å². The third-order valence-electron chi connectivity index (χ3n) is 5.88. The fraction of sp³-hybridized carbons (Fsp3) is 0.286. The van der Waals surface area contributed by atoms with Crippen LogP contribution in [-0.4, -0.2) is 57.6 Å². The van der Waals surface area contributed by atoms with E-state index in [4.69, 9.17) is 4.74 Å². The molecule has 3 aromatic rings. The van der Waals surface area contributed by atoms with E-state index in [-0.39, 0.29) is 24.6 Å². The van der Waals surface area contributed by atoms with Gasteiger partial charge in [-0.15, -0.1) is 0 Å². The highest BCUT2D eigenvalue weighted by atomic mass is 32.2. The second kappa shape index (κ2) is 13.0. The molecular formula is C28H32FN3O5S. The van der Waals surface area contributed by atoms with Crippen LogP contribution >= 0.6 is 0 Å². The summed E-state index contributed by atoms with van der Waals surface area (Å²) >= 11 is 0. The van der Waals surface area contributed by atoms with Gasteiger partial charge in [0.2, 0.25) is 21.8 Å². The van der Waals surface area contributed by atoms with Gasteiger partial charge in [0.25, 0.3) is 0 Å². The molecule has 1 N–H and O–H groups in total. The van der Waals surface area contributed by atoms with Gasteiger partial charge < -0.3 is 15.0 Å². The number of ether oxygens (including phenoxy) is 1. The van der Waals surface area contributed by atoms with Gasteiger partial charge >= 0.3 is 0 Å². The van der Waals surface area contributed by atoms with Crippen LogP contribution in [0.3, 0.4) is 0 Å². The lowest BCUT2D eigenvalue weighted by Gasteiger charge is -2.33. The van der Waals surface area contributed by atoms with Gasteiger partial charge in [0.1, 0.15) is 24.2 Å². The normalized spacial score (nSPS) is 11.9. The molecule has 202 valence electrons. The van der Waals surface area contributed by atoms with E-state index in [1.54, 1.807) is 31.2 Å². The second-order valence-electron chi connectivity index (χ2n) is 8.72. The van der Waals surface area contributed by atoms with Crippen molar-refractivity contribution in [3.63, 3.8) is 0 Å².